The molecule has 0 spiro atoms. The van der Waals surface area contributed by atoms with Crippen LogP contribution in [-0.4, -0.2) is 46.7 Å². The molecule has 0 bridgehead atoms. The molecule has 1 saturated carbocycles. The number of amides is 2. The molecule has 2 aliphatic rings. The fourth-order valence-electron chi connectivity index (χ4n) is 3.85. The molecule has 9 nitrogen and oxygen atoms in total. The predicted molar refractivity (Wildman–Crippen MR) is 106 cm³/mol. The molecule has 0 aromatic carbocycles. The van der Waals surface area contributed by atoms with Gasteiger partial charge in [0, 0.05) is 19.6 Å². The summed E-state index contributed by atoms with van der Waals surface area (Å²) >= 11 is 0. The van der Waals surface area contributed by atoms with Crippen molar-refractivity contribution in [2.75, 3.05) is 30.0 Å². The van der Waals surface area contributed by atoms with Crippen LogP contribution in [0.15, 0.2) is 12.2 Å². The van der Waals surface area contributed by atoms with Gasteiger partial charge in [0.15, 0.2) is 11.6 Å². The molecule has 2 heterocycles. The quantitative estimate of drug-likeness (QED) is 0.386. The third-order valence-electron chi connectivity index (χ3n) is 5.33. The zero-order valence-electron chi connectivity index (χ0n) is 16.4. The number of carbonyl (C=O) groups excluding carboxylic acids is 1. The standard InChI is InChI=1S/C19H27FN6O3/c1-12-22-16(15(20)17(23-12)26-8-4-5-9-26)24-25-18(27)14(11-21-19(28)29)10-13-6-2-3-7-13/h4-5,13-14,21H,2-3,6-11H2,1H3,(H,25,27)(H,28,29)(H,22,23,24)/t14-/m1/s1. The van der Waals surface area contributed by atoms with Gasteiger partial charge in [0.1, 0.15) is 5.82 Å². The van der Waals surface area contributed by atoms with Crippen molar-refractivity contribution in [2.24, 2.45) is 11.8 Å². The maximum absolute atomic E-state index is 14.8. The smallest absolute Gasteiger partial charge is 0.404 e. The number of halogens is 1. The summed E-state index contributed by atoms with van der Waals surface area (Å²) in [6.07, 6.45) is 7.59. The van der Waals surface area contributed by atoms with Crippen LogP contribution in [-0.2, 0) is 4.79 Å². The first kappa shape index (κ1) is 20.8. The second-order valence-electron chi connectivity index (χ2n) is 7.52. The van der Waals surface area contributed by atoms with Crippen molar-refractivity contribution < 1.29 is 19.1 Å². The lowest BCUT2D eigenvalue weighted by Crippen LogP contribution is -2.42. The van der Waals surface area contributed by atoms with E-state index in [1.54, 1.807) is 11.8 Å². The molecular formula is C19H27FN6O3. The second-order valence-corrected chi connectivity index (χ2v) is 7.52. The van der Waals surface area contributed by atoms with E-state index < -0.39 is 23.7 Å². The second kappa shape index (κ2) is 9.53. The number of hydrogen-bond donors (Lipinski definition) is 4. The van der Waals surface area contributed by atoms with Crippen molar-refractivity contribution in [3.63, 3.8) is 0 Å². The Balaban J connectivity index is 1.65. The van der Waals surface area contributed by atoms with Gasteiger partial charge in [0.05, 0.1) is 5.92 Å². The first-order chi connectivity index (χ1) is 13.9. The Labute approximate surface area is 168 Å². The summed E-state index contributed by atoms with van der Waals surface area (Å²) < 4.78 is 14.8. The van der Waals surface area contributed by atoms with Crippen LogP contribution in [0, 0.1) is 24.6 Å². The highest BCUT2D eigenvalue weighted by Gasteiger charge is 2.26. The van der Waals surface area contributed by atoms with Gasteiger partial charge in [-0.3, -0.25) is 15.6 Å². The Bertz CT molecular complexity index is 773. The average molecular weight is 406 g/mol. The highest BCUT2D eigenvalue weighted by molar-refractivity contribution is 5.80. The van der Waals surface area contributed by atoms with Crippen molar-refractivity contribution in [3.05, 3.63) is 23.8 Å². The minimum absolute atomic E-state index is 0.00925. The number of anilines is 2. The van der Waals surface area contributed by atoms with Crippen LogP contribution in [0.3, 0.4) is 0 Å². The largest absolute Gasteiger partial charge is 0.465 e. The highest BCUT2D eigenvalue weighted by Crippen LogP contribution is 2.30. The summed E-state index contributed by atoms with van der Waals surface area (Å²) in [5, 5.41) is 11.2. The summed E-state index contributed by atoms with van der Waals surface area (Å²) in [5.41, 5.74) is 5.06. The first-order valence-electron chi connectivity index (χ1n) is 9.90. The van der Waals surface area contributed by atoms with Gasteiger partial charge in [-0.25, -0.2) is 14.8 Å². The van der Waals surface area contributed by atoms with Crippen molar-refractivity contribution in [1.82, 2.24) is 20.7 Å². The SMILES string of the molecule is Cc1nc(NNC(=O)[C@@H](CNC(=O)O)CC2CCCC2)c(F)c(N2CC=CC2)n1. The zero-order chi connectivity index (χ0) is 20.8. The van der Waals surface area contributed by atoms with Crippen LogP contribution >= 0.6 is 0 Å². The predicted octanol–water partition coefficient (Wildman–Crippen LogP) is 2.21. The van der Waals surface area contributed by atoms with E-state index in [0.717, 1.165) is 25.7 Å². The number of aryl methyl sites for hydroxylation is 1. The molecule has 1 atom stereocenters. The van der Waals surface area contributed by atoms with Gasteiger partial charge >= 0.3 is 6.09 Å². The third kappa shape index (κ3) is 5.55. The number of rotatable bonds is 8. The van der Waals surface area contributed by atoms with Gasteiger partial charge in [-0.2, -0.15) is 4.39 Å². The minimum Gasteiger partial charge on any atom is -0.465 e. The summed E-state index contributed by atoms with van der Waals surface area (Å²) in [4.78, 5) is 33.5. The summed E-state index contributed by atoms with van der Waals surface area (Å²) in [6, 6.07) is 0. The van der Waals surface area contributed by atoms with Crippen LogP contribution in [0.4, 0.5) is 20.8 Å². The van der Waals surface area contributed by atoms with Gasteiger partial charge < -0.3 is 15.3 Å². The molecule has 158 valence electrons. The van der Waals surface area contributed by atoms with Crippen LogP contribution < -0.4 is 21.1 Å². The molecular weight excluding hydrogens is 379 g/mol. The zero-order valence-corrected chi connectivity index (χ0v) is 16.4. The fraction of sp³-hybridized carbons (Fsp3) is 0.579. The monoisotopic (exact) mass is 406 g/mol. The van der Waals surface area contributed by atoms with Crippen molar-refractivity contribution in [1.29, 1.82) is 0 Å². The van der Waals surface area contributed by atoms with Gasteiger partial charge in [-0.1, -0.05) is 37.8 Å². The Morgan fingerprint density at radius 3 is 2.62 bits per heavy atom. The summed E-state index contributed by atoms with van der Waals surface area (Å²) in [6.45, 7) is 2.78. The molecule has 3 rings (SSSR count). The maximum atomic E-state index is 14.8. The molecule has 4 N–H and O–H groups in total. The number of nitrogens with zero attached hydrogens (tertiary/aromatic N) is 3. The molecule has 1 aromatic rings. The van der Waals surface area contributed by atoms with Crippen LogP contribution in [0.5, 0.6) is 0 Å². The van der Waals surface area contributed by atoms with E-state index in [1.165, 1.54) is 0 Å². The lowest BCUT2D eigenvalue weighted by molar-refractivity contribution is -0.124. The molecule has 1 aliphatic heterocycles. The maximum Gasteiger partial charge on any atom is 0.404 e. The molecule has 1 aliphatic carbocycles. The summed E-state index contributed by atoms with van der Waals surface area (Å²) in [7, 11) is 0. The number of carboxylic acid groups (broad SMARTS) is 1. The number of carbonyl (C=O) groups is 2. The van der Waals surface area contributed by atoms with Gasteiger partial charge in [0.25, 0.3) is 0 Å². The Kier molecular flexibility index (Phi) is 6.84. The number of hydrazine groups is 1. The molecule has 2 amide bonds. The molecule has 1 aromatic heterocycles. The van der Waals surface area contributed by atoms with Gasteiger partial charge in [-0.05, 0) is 19.3 Å². The normalized spacial score (nSPS) is 17.4. The molecule has 10 heteroatoms. The molecule has 0 radical (unpaired) electrons. The van der Waals surface area contributed by atoms with E-state index in [-0.39, 0.29) is 18.2 Å². The van der Waals surface area contributed by atoms with Crippen molar-refractivity contribution in [2.45, 2.75) is 39.0 Å². The van der Waals surface area contributed by atoms with E-state index >= 15 is 0 Å². The van der Waals surface area contributed by atoms with Crippen LogP contribution in [0.1, 0.15) is 37.9 Å². The number of hydrogen-bond acceptors (Lipinski definition) is 6. The van der Waals surface area contributed by atoms with Crippen LogP contribution in [0.25, 0.3) is 0 Å². The summed E-state index contributed by atoms with van der Waals surface area (Å²) in [5.74, 6) is -0.752. The fourth-order valence-corrected chi connectivity index (χ4v) is 3.85. The number of aromatic nitrogens is 2. The van der Waals surface area contributed by atoms with Gasteiger partial charge in [0.2, 0.25) is 11.7 Å². The Morgan fingerprint density at radius 1 is 1.28 bits per heavy atom. The molecule has 0 unspecified atom stereocenters. The number of nitrogens with one attached hydrogen (secondary N) is 3. The van der Waals surface area contributed by atoms with Gasteiger partial charge in [-0.15, -0.1) is 0 Å². The van der Waals surface area contributed by atoms with E-state index in [1.807, 2.05) is 12.2 Å². The Hall–Kier alpha value is -2.91. The van der Waals surface area contributed by atoms with E-state index in [9.17, 15) is 14.0 Å². The van der Waals surface area contributed by atoms with E-state index in [2.05, 4.69) is 26.1 Å². The lowest BCUT2D eigenvalue weighted by Gasteiger charge is -2.22. The average Bonchev–Trinajstić information content (AvgIpc) is 3.39. The van der Waals surface area contributed by atoms with E-state index in [4.69, 9.17) is 5.11 Å². The molecule has 0 saturated heterocycles. The highest BCUT2D eigenvalue weighted by atomic mass is 19.1. The molecule has 29 heavy (non-hydrogen) atoms. The van der Waals surface area contributed by atoms with Crippen LogP contribution in [0.2, 0.25) is 0 Å². The minimum atomic E-state index is -1.18. The van der Waals surface area contributed by atoms with Crippen molar-refractivity contribution >= 4 is 23.6 Å². The molecule has 1 fully saturated rings. The van der Waals surface area contributed by atoms with E-state index in [0.29, 0.717) is 31.3 Å². The third-order valence-corrected chi connectivity index (χ3v) is 5.33. The topological polar surface area (TPSA) is 119 Å². The lowest BCUT2D eigenvalue weighted by atomic mass is 9.92. The first-order valence-corrected chi connectivity index (χ1v) is 9.90. The Morgan fingerprint density at radius 2 is 1.97 bits per heavy atom. The van der Waals surface area contributed by atoms with Crippen molar-refractivity contribution in [3.8, 4) is 0 Å².